The Bertz CT molecular complexity index is 431. The van der Waals surface area contributed by atoms with Crippen molar-refractivity contribution < 1.29 is 19.4 Å². The molecule has 1 aromatic rings. The van der Waals surface area contributed by atoms with Crippen LogP contribution in [0, 0.1) is 0 Å². The number of benzene rings is 1. The fourth-order valence-electron chi connectivity index (χ4n) is 1.42. The minimum atomic E-state index is -1.12. The Hall–Kier alpha value is -2.08. The molecule has 1 aromatic carbocycles. The summed E-state index contributed by atoms with van der Waals surface area (Å²) in [5.41, 5.74) is 6.24. The van der Waals surface area contributed by atoms with E-state index < -0.39 is 18.0 Å². The van der Waals surface area contributed by atoms with E-state index in [9.17, 15) is 9.59 Å². The van der Waals surface area contributed by atoms with Crippen molar-refractivity contribution in [3.05, 3.63) is 24.3 Å². The molecule has 0 aliphatic heterocycles. The van der Waals surface area contributed by atoms with E-state index in [4.69, 9.17) is 15.6 Å². The topological polar surface area (TPSA) is 102 Å². The van der Waals surface area contributed by atoms with E-state index in [0.717, 1.165) is 12.2 Å². The maximum Gasteiger partial charge on any atom is 0.320 e. The summed E-state index contributed by atoms with van der Waals surface area (Å²) < 4.78 is 5.06. The SMILES string of the molecule is CCNc1ccc(OC(=O)CCC(N)C(=O)O)cc1. The molecule has 6 nitrogen and oxygen atoms in total. The predicted molar refractivity (Wildman–Crippen MR) is 71.1 cm³/mol. The Morgan fingerprint density at radius 1 is 1.37 bits per heavy atom. The van der Waals surface area contributed by atoms with E-state index in [1.54, 1.807) is 24.3 Å². The number of hydrogen-bond acceptors (Lipinski definition) is 5. The monoisotopic (exact) mass is 266 g/mol. The fourth-order valence-corrected chi connectivity index (χ4v) is 1.42. The van der Waals surface area contributed by atoms with Crippen LogP contribution in [0.3, 0.4) is 0 Å². The second-order valence-electron chi connectivity index (χ2n) is 4.01. The van der Waals surface area contributed by atoms with Crippen LogP contribution in [0.1, 0.15) is 19.8 Å². The van der Waals surface area contributed by atoms with E-state index in [-0.39, 0.29) is 12.8 Å². The first-order valence-corrected chi connectivity index (χ1v) is 6.06. The number of aliphatic carboxylic acids is 1. The normalized spacial score (nSPS) is 11.7. The van der Waals surface area contributed by atoms with Crippen molar-refractivity contribution in [2.45, 2.75) is 25.8 Å². The van der Waals surface area contributed by atoms with E-state index in [0.29, 0.717) is 5.75 Å². The highest BCUT2D eigenvalue weighted by Crippen LogP contribution is 2.16. The number of esters is 1. The molecule has 0 aliphatic rings. The van der Waals surface area contributed by atoms with Crippen LogP contribution in [0.5, 0.6) is 5.75 Å². The van der Waals surface area contributed by atoms with Gasteiger partial charge < -0.3 is 20.9 Å². The van der Waals surface area contributed by atoms with Crippen LogP contribution in [-0.4, -0.2) is 29.6 Å². The van der Waals surface area contributed by atoms with Crippen LogP contribution in [-0.2, 0) is 9.59 Å². The third-order valence-corrected chi connectivity index (χ3v) is 2.44. The van der Waals surface area contributed by atoms with Crippen LogP contribution in [0.15, 0.2) is 24.3 Å². The molecular formula is C13H18N2O4. The lowest BCUT2D eigenvalue weighted by Gasteiger charge is -2.08. The number of carboxylic acid groups (broad SMARTS) is 1. The van der Waals surface area contributed by atoms with E-state index >= 15 is 0 Å². The van der Waals surface area contributed by atoms with Crippen molar-refractivity contribution in [1.29, 1.82) is 0 Å². The van der Waals surface area contributed by atoms with Gasteiger partial charge in [-0.25, -0.2) is 0 Å². The third kappa shape index (κ3) is 5.39. The number of anilines is 1. The molecule has 1 unspecified atom stereocenters. The van der Waals surface area contributed by atoms with Crippen molar-refractivity contribution in [1.82, 2.24) is 0 Å². The van der Waals surface area contributed by atoms with Crippen LogP contribution in [0.25, 0.3) is 0 Å². The first-order valence-electron chi connectivity index (χ1n) is 6.06. The minimum Gasteiger partial charge on any atom is -0.480 e. The van der Waals surface area contributed by atoms with Gasteiger partial charge in [-0.15, -0.1) is 0 Å². The lowest BCUT2D eigenvalue weighted by Crippen LogP contribution is -2.31. The van der Waals surface area contributed by atoms with Crippen molar-refractivity contribution in [3.63, 3.8) is 0 Å². The second kappa shape index (κ2) is 7.38. The van der Waals surface area contributed by atoms with Gasteiger partial charge in [0, 0.05) is 18.7 Å². The van der Waals surface area contributed by atoms with Gasteiger partial charge in [0.25, 0.3) is 0 Å². The summed E-state index contributed by atoms with van der Waals surface area (Å²) in [6.07, 6.45) is 0.0338. The van der Waals surface area contributed by atoms with E-state index in [2.05, 4.69) is 5.32 Å². The molecule has 0 aliphatic carbocycles. The zero-order chi connectivity index (χ0) is 14.3. The summed E-state index contributed by atoms with van der Waals surface area (Å²) in [7, 11) is 0. The van der Waals surface area contributed by atoms with Gasteiger partial charge in [-0.2, -0.15) is 0 Å². The third-order valence-electron chi connectivity index (χ3n) is 2.44. The maximum absolute atomic E-state index is 11.5. The quantitative estimate of drug-likeness (QED) is 0.506. The number of carbonyl (C=O) groups is 2. The standard InChI is InChI=1S/C13H18N2O4/c1-2-15-9-3-5-10(6-4-9)19-12(16)8-7-11(14)13(17)18/h3-6,11,15H,2,7-8,14H2,1H3,(H,17,18). The smallest absolute Gasteiger partial charge is 0.320 e. The molecule has 19 heavy (non-hydrogen) atoms. The summed E-state index contributed by atoms with van der Waals surface area (Å²) in [6, 6.07) is 5.91. The Labute approximate surface area is 111 Å². The maximum atomic E-state index is 11.5. The largest absolute Gasteiger partial charge is 0.480 e. The van der Waals surface area contributed by atoms with E-state index in [1.165, 1.54) is 0 Å². The number of carbonyl (C=O) groups excluding carboxylic acids is 1. The number of ether oxygens (including phenoxy) is 1. The summed E-state index contributed by atoms with van der Waals surface area (Å²) in [6.45, 7) is 2.80. The minimum absolute atomic E-state index is 0.0254. The molecule has 0 heterocycles. The summed E-state index contributed by atoms with van der Waals surface area (Å²) in [5, 5.41) is 11.7. The predicted octanol–water partition coefficient (Wildman–Crippen LogP) is 1.22. The van der Waals surface area contributed by atoms with Gasteiger partial charge in [0.1, 0.15) is 11.8 Å². The summed E-state index contributed by atoms with van der Waals surface area (Å²) in [4.78, 5) is 21.9. The molecular weight excluding hydrogens is 248 g/mol. The van der Waals surface area contributed by atoms with Gasteiger partial charge in [0.2, 0.25) is 0 Å². The zero-order valence-electron chi connectivity index (χ0n) is 10.8. The summed E-state index contributed by atoms with van der Waals surface area (Å²) >= 11 is 0. The lowest BCUT2D eigenvalue weighted by molar-refractivity contribution is -0.139. The molecule has 1 atom stereocenters. The number of nitrogens with one attached hydrogen (secondary N) is 1. The Balaban J connectivity index is 2.41. The Kier molecular flexibility index (Phi) is 5.81. The molecule has 0 bridgehead atoms. The van der Waals surface area contributed by atoms with Crippen molar-refractivity contribution in [2.24, 2.45) is 5.73 Å². The number of hydrogen-bond donors (Lipinski definition) is 3. The van der Waals surface area contributed by atoms with Gasteiger partial charge in [-0.3, -0.25) is 9.59 Å². The molecule has 0 saturated carbocycles. The highest BCUT2D eigenvalue weighted by molar-refractivity contribution is 5.76. The number of nitrogens with two attached hydrogens (primary N) is 1. The second-order valence-corrected chi connectivity index (χ2v) is 4.01. The van der Waals surface area contributed by atoms with Gasteiger partial charge in [-0.05, 0) is 37.6 Å². The van der Waals surface area contributed by atoms with Crippen molar-refractivity contribution in [3.8, 4) is 5.75 Å². The highest BCUT2D eigenvalue weighted by atomic mass is 16.5. The van der Waals surface area contributed by atoms with Gasteiger partial charge in [0.15, 0.2) is 0 Å². The molecule has 0 amide bonds. The first-order chi connectivity index (χ1) is 9.02. The molecule has 0 radical (unpaired) electrons. The van der Waals surface area contributed by atoms with Crippen LogP contribution in [0.4, 0.5) is 5.69 Å². The Morgan fingerprint density at radius 3 is 2.53 bits per heavy atom. The average Bonchev–Trinajstić information content (AvgIpc) is 2.38. The fraction of sp³-hybridized carbons (Fsp3) is 0.385. The molecule has 4 N–H and O–H groups in total. The molecule has 0 fully saturated rings. The molecule has 104 valence electrons. The average molecular weight is 266 g/mol. The molecule has 0 aromatic heterocycles. The molecule has 0 saturated heterocycles. The van der Waals surface area contributed by atoms with Gasteiger partial charge >= 0.3 is 11.9 Å². The van der Waals surface area contributed by atoms with Crippen molar-refractivity contribution in [2.75, 3.05) is 11.9 Å². The van der Waals surface area contributed by atoms with Crippen LogP contribution >= 0.6 is 0 Å². The van der Waals surface area contributed by atoms with Gasteiger partial charge in [-0.1, -0.05) is 0 Å². The first kappa shape index (κ1) is 15.0. The van der Waals surface area contributed by atoms with Crippen molar-refractivity contribution >= 4 is 17.6 Å². The van der Waals surface area contributed by atoms with Gasteiger partial charge in [0.05, 0.1) is 0 Å². The lowest BCUT2D eigenvalue weighted by atomic mass is 10.2. The summed E-state index contributed by atoms with van der Waals surface area (Å²) in [5.74, 6) is -1.19. The Morgan fingerprint density at radius 2 is 2.00 bits per heavy atom. The van der Waals surface area contributed by atoms with Crippen LogP contribution in [0.2, 0.25) is 0 Å². The molecule has 6 heteroatoms. The molecule has 0 spiro atoms. The van der Waals surface area contributed by atoms with Crippen LogP contribution < -0.4 is 15.8 Å². The highest BCUT2D eigenvalue weighted by Gasteiger charge is 2.14. The van der Waals surface area contributed by atoms with E-state index in [1.807, 2.05) is 6.92 Å². The molecule has 1 rings (SSSR count). The number of rotatable bonds is 7. The zero-order valence-corrected chi connectivity index (χ0v) is 10.8. The number of carboxylic acids is 1.